The number of carbonyl (C=O) groups excluding carboxylic acids is 1. The van der Waals surface area contributed by atoms with E-state index in [1.807, 2.05) is 38.1 Å². The van der Waals surface area contributed by atoms with Crippen molar-refractivity contribution in [2.24, 2.45) is 0 Å². The van der Waals surface area contributed by atoms with Crippen LogP contribution in [-0.4, -0.2) is 15.3 Å². The number of benzene rings is 2. The molecule has 0 saturated carbocycles. The highest BCUT2D eigenvalue weighted by molar-refractivity contribution is 9.10. The molecule has 2 aromatic carbocycles. The lowest BCUT2D eigenvalue weighted by molar-refractivity contribution is 0.0970. The maximum Gasteiger partial charge on any atom is 0.261 e. The Morgan fingerprint density at radius 1 is 1.17 bits per heavy atom. The van der Waals surface area contributed by atoms with E-state index in [9.17, 15) is 9.59 Å². The van der Waals surface area contributed by atoms with Gasteiger partial charge in [0.05, 0.1) is 23.8 Å². The van der Waals surface area contributed by atoms with Crippen LogP contribution >= 0.6 is 15.9 Å². The molecule has 116 valence electrons. The van der Waals surface area contributed by atoms with E-state index in [4.69, 9.17) is 0 Å². The summed E-state index contributed by atoms with van der Waals surface area (Å²) in [6.07, 6.45) is 1.43. The molecule has 0 bridgehead atoms. The number of ketones is 1. The third-order valence-corrected chi connectivity index (χ3v) is 4.29. The van der Waals surface area contributed by atoms with Gasteiger partial charge >= 0.3 is 0 Å². The smallest absolute Gasteiger partial charge is 0.261 e. The first-order valence-corrected chi connectivity index (χ1v) is 8.00. The highest BCUT2D eigenvalue weighted by Crippen LogP contribution is 2.15. The van der Waals surface area contributed by atoms with E-state index >= 15 is 0 Å². The molecule has 1 heterocycles. The molecule has 5 heteroatoms. The number of aromatic nitrogens is 2. The standard InChI is InChI=1S/C18H15BrN2O2/c1-11-3-4-12(2)14(7-11)17(22)9-21-10-20-16-6-5-13(19)8-15(16)18(21)23/h3-8,10H,9H2,1-2H3. The lowest BCUT2D eigenvalue weighted by atomic mass is 10.0. The third kappa shape index (κ3) is 3.10. The Labute approximate surface area is 141 Å². The van der Waals surface area contributed by atoms with Gasteiger partial charge in [0.2, 0.25) is 0 Å². The normalized spacial score (nSPS) is 10.9. The monoisotopic (exact) mass is 370 g/mol. The van der Waals surface area contributed by atoms with Gasteiger partial charge in [-0.05, 0) is 43.7 Å². The molecular formula is C18H15BrN2O2. The van der Waals surface area contributed by atoms with Crippen molar-refractivity contribution in [2.45, 2.75) is 20.4 Å². The number of nitrogens with zero attached hydrogens (tertiary/aromatic N) is 2. The first-order chi connectivity index (χ1) is 11.0. The van der Waals surface area contributed by atoms with Crippen LogP contribution in [0.15, 0.2) is 52.0 Å². The molecule has 0 radical (unpaired) electrons. The summed E-state index contributed by atoms with van der Waals surface area (Å²) in [5, 5.41) is 0.496. The number of hydrogen-bond donors (Lipinski definition) is 0. The molecule has 0 unspecified atom stereocenters. The van der Waals surface area contributed by atoms with Crippen LogP contribution in [0.1, 0.15) is 21.5 Å². The minimum atomic E-state index is -0.213. The van der Waals surface area contributed by atoms with Crippen LogP contribution < -0.4 is 5.56 Å². The molecule has 0 aliphatic rings. The second-order valence-electron chi connectivity index (χ2n) is 5.58. The minimum Gasteiger partial charge on any atom is -0.292 e. The van der Waals surface area contributed by atoms with Crippen LogP contribution in [0.2, 0.25) is 0 Å². The number of aryl methyl sites for hydroxylation is 2. The largest absolute Gasteiger partial charge is 0.292 e. The van der Waals surface area contributed by atoms with Crippen molar-refractivity contribution in [1.82, 2.24) is 9.55 Å². The number of rotatable bonds is 3. The lowest BCUT2D eigenvalue weighted by Gasteiger charge is -2.09. The van der Waals surface area contributed by atoms with Crippen molar-refractivity contribution in [2.75, 3.05) is 0 Å². The number of hydrogen-bond acceptors (Lipinski definition) is 3. The summed E-state index contributed by atoms with van der Waals surface area (Å²) >= 11 is 3.35. The predicted molar refractivity (Wildman–Crippen MR) is 93.9 cm³/mol. The zero-order valence-electron chi connectivity index (χ0n) is 12.8. The maximum absolute atomic E-state index is 12.5. The Morgan fingerprint density at radius 2 is 1.96 bits per heavy atom. The van der Waals surface area contributed by atoms with E-state index in [2.05, 4.69) is 20.9 Å². The van der Waals surface area contributed by atoms with Crippen molar-refractivity contribution >= 4 is 32.6 Å². The second-order valence-corrected chi connectivity index (χ2v) is 6.50. The summed E-state index contributed by atoms with van der Waals surface area (Å²) in [5.41, 5.74) is 2.98. The van der Waals surface area contributed by atoms with Crippen LogP contribution in [0.25, 0.3) is 10.9 Å². The van der Waals surface area contributed by atoms with Crippen molar-refractivity contribution in [3.8, 4) is 0 Å². The SMILES string of the molecule is Cc1ccc(C)c(C(=O)Cn2cnc3ccc(Br)cc3c2=O)c1. The molecule has 0 amide bonds. The molecule has 0 aliphatic heterocycles. The average Bonchev–Trinajstić information content (AvgIpc) is 2.53. The van der Waals surface area contributed by atoms with Gasteiger partial charge in [-0.1, -0.05) is 33.6 Å². The summed E-state index contributed by atoms with van der Waals surface area (Å²) in [6, 6.07) is 11.1. The zero-order valence-corrected chi connectivity index (χ0v) is 14.4. The van der Waals surface area contributed by atoms with Gasteiger partial charge in [-0.15, -0.1) is 0 Å². The third-order valence-electron chi connectivity index (χ3n) is 3.79. The van der Waals surface area contributed by atoms with Crippen molar-refractivity contribution < 1.29 is 4.79 Å². The van der Waals surface area contributed by atoms with E-state index in [0.29, 0.717) is 16.5 Å². The predicted octanol–water partition coefficient (Wildman–Crippen LogP) is 3.66. The summed E-state index contributed by atoms with van der Waals surface area (Å²) in [6.45, 7) is 3.82. The van der Waals surface area contributed by atoms with Gasteiger partial charge in [-0.3, -0.25) is 14.2 Å². The molecule has 0 atom stereocenters. The first-order valence-electron chi connectivity index (χ1n) is 7.21. The van der Waals surface area contributed by atoms with E-state index in [-0.39, 0.29) is 17.9 Å². The van der Waals surface area contributed by atoms with Gasteiger partial charge in [-0.25, -0.2) is 4.98 Å². The fraction of sp³-hybridized carbons (Fsp3) is 0.167. The van der Waals surface area contributed by atoms with Crippen LogP contribution in [0, 0.1) is 13.8 Å². The van der Waals surface area contributed by atoms with E-state index < -0.39 is 0 Å². The van der Waals surface area contributed by atoms with Crippen LogP contribution in [-0.2, 0) is 6.54 Å². The molecule has 3 aromatic rings. The fourth-order valence-corrected chi connectivity index (χ4v) is 2.88. The van der Waals surface area contributed by atoms with Crippen molar-refractivity contribution in [3.63, 3.8) is 0 Å². The van der Waals surface area contributed by atoms with Crippen LogP contribution in [0.4, 0.5) is 0 Å². The van der Waals surface area contributed by atoms with Gasteiger partial charge < -0.3 is 0 Å². The maximum atomic E-state index is 12.5. The van der Waals surface area contributed by atoms with E-state index in [0.717, 1.165) is 15.6 Å². The van der Waals surface area contributed by atoms with E-state index in [1.54, 1.807) is 12.1 Å². The fourth-order valence-electron chi connectivity index (χ4n) is 2.52. The second kappa shape index (κ2) is 6.08. The Balaban J connectivity index is 2.01. The van der Waals surface area contributed by atoms with Crippen molar-refractivity contribution in [1.29, 1.82) is 0 Å². The molecule has 4 nitrogen and oxygen atoms in total. The van der Waals surface area contributed by atoms with Gasteiger partial charge in [0.25, 0.3) is 5.56 Å². The minimum absolute atomic E-state index is 0.0153. The topological polar surface area (TPSA) is 52.0 Å². The van der Waals surface area contributed by atoms with Gasteiger partial charge in [-0.2, -0.15) is 0 Å². The number of carbonyl (C=O) groups is 1. The van der Waals surface area contributed by atoms with Gasteiger partial charge in [0, 0.05) is 10.0 Å². The molecule has 0 aliphatic carbocycles. The summed E-state index contributed by atoms with van der Waals surface area (Å²) < 4.78 is 2.17. The van der Waals surface area contributed by atoms with E-state index in [1.165, 1.54) is 10.9 Å². The highest BCUT2D eigenvalue weighted by atomic mass is 79.9. The number of halogens is 1. The summed E-state index contributed by atoms with van der Waals surface area (Å²) in [7, 11) is 0. The van der Waals surface area contributed by atoms with Gasteiger partial charge in [0.15, 0.2) is 5.78 Å². The molecule has 0 spiro atoms. The highest BCUT2D eigenvalue weighted by Gasteiger charge is 2.12. The summed E-state index contributed by atoms with van der Waals surface area (Å²) in [4.78, 5) is 29.4. The first kappa shape index (κ1) is 15.6. The number of Topliss-reactive ketones (excluding diaryl/α,β-unsaturated/α-hetero) is 1. The quantitative estimate of drug-likeness (QED) is 0.661. The molecule has 0 N–H and O–H groups in total. The van der Waals surface area contributed by atoms with Crippen LogP contribution in [0.5, 0.6) is 0 Å². The molecule has 0 fully saturated rings. The Kier molecular flexibility index (Phi) is 4.13. The summed E-state index contributed by atoms with van der Waals surface area (Å²) in [5.74, 6) is -0.0931. The lowest BCUT2D eigenvalue weighted by Crippen LogP contribution is -2.25. The average molecular weight is 371 g/mol. The zero-order chi connectivity index (χ0) is 16.6. The van der Waals surface area contributed by atoms with Gasteiger partial charge in [0.1, 0.15) is 0 Å². The number of fused-ring (bicyclic) bond motifs is 1. The molecule has 3 rings (SSSR count). The Bertz CT molecular complexity index is 976. The molecular weight excluding hydrogens is 356 g/mol. The Hall–Kier alpha value is -2.27. The molecule has 23 heavy (non-hydrogen) atoms. The van der Waals surface area contributed by atoms with Crippen molar-refractivity contribution in [3.05, 3.63) is 74.2 Å². The molecule has 0 saturated heterocycles. The van der Waals surface area contributed by atoms with Crippen LogP contribution in [0.3, 0.4) is 0 Å². The Morgan fingerprint density at radius 3 is 2.74 bits per heavy atom. The molecule has 1 aromatic heterocycles.